The van der Waals surface area contributed by atoms with Gasteiger partial charge in [0.25, 0.3) is 23.9 Å². The zero-order valence-electron chi connectivity index (χ0n) is 21.5. The van der Waals surface area contributed by atoms with Crippen LogP contribution >= 0.6 is 0 Å². The van der Waals surface area contributed by atoms with Crippen LogP contribution < -0.4 is 10.6 Å². The SMILES string of the molecule is CC(=O)O.CC(=O)O.CC(=O)O.CC(=O)O.CCOC(=O)NCCN(CCNC(=O)OCC)[N+]([O-])=NO. The molecule has 19 nitrogen and oxygen atoms in total. The highest BCUT2D eigenvalue weighted by molar-refractivity contribution is 5.67. The standard InChI is InChI=1S/C10H21N5O6.4C2H4O2/c1-3-20-9(16)11-5-7-14(15(19)13-18)8-6-12-10(17)21-4-2;4*1-2(3)4/h18H,3-8H2,1-2H3,(H,11,16)(H,12,17);4*1H3,(H,3,4). The molecule has 0 unspecified atom stereocenters. The maximum Gasteiger partial charge on any atom is 0.407 e. The lowest BCUT2D eigenvalue weighted by Gasteiger charge is -2.17. The van der Waals surface area contributed by atoms with Crippen molar-refractivity contribution in [1.82, 2.24) is 15.6 Å². The van der Waals surface area contributed by atoms with Crippen LogP contribution in [0.25, 0.3) is 0 Å². The van der Waals surface area contributed by atoms with E-state index < -0.39 is 36.1 Å². The first kappa shape index (κ1) is 42.6. The van der Waals surface area contributed by atoms with Crippen molar-refractivity contribution in [3.05, 3.63) is 5.21 Å². The first-order valence-electron chi connectivity index (χ1n) is 10.1. The van der Waals surface area contributed by atoms with Crippen LogP contribution in [0.2, 0.25) is 0 Å². The molecule has 0 bridgehead atoms. The second kappa shape index (κ2) is 31.4. The molecular weight excluding hydrogens is 510 g/mol. The summed E-state index contributed by atoms with van der Waals surface area (Å²) in [6.45, 7) is 8.47. The van der Waals surface area contributed by atoms with Gasteiger partial charge >= 0.3 is 12.2 Å². The number of carbonyl (C=O) groups excluding carboxylic acids is 2. The maximum absolute atomic E-state index is 11.3. The summed E-state index contributed by atoms with van der Waals surface area (Å²) < 4.78 is 9.29. The van der Waals surface area contributed by atoms with Crippen molar-refractivity contribution < 1.29 is 68.8 Å². The Kier molecular flexibility index (Phi) is 36.1. The first-order chi connectivity index (χ1) is 17.0. The highest BCUT2D eigenvalue weighted by Crippen LogP contribution is 1.90. The Hall–Kier alpha value is -4.58. The first-order valence-corrected chi connectivity index (χ1v) is 10.1. The number of rotatable bonds is 9. The highest BCUT2D eigenvalue weighted by atomic mass is 16.6. The van der Waals surface area contributed by atoms with Gasteiger partial charge in [-0.05, 0) is 13.8 Å². The van der Waals surface area contributed by atoms with Gasteiger partial charge in [0.2, 0.25) is 5.28 Å². The van der Waals surface area contributed by atoms with E-state index in [1.165, 1.54) is 0 Å². The summed E-state index contributed by atoms with van der Waals surface area (Å²) >= 11 is 0. The monoisotopic (exact) mass is 547 g/mol. The Morgan fingerprint density at radius 2 is 0.973 bits per heavy atom. The average molecular weight is 548 g/mol. The summed E-state index contributed by atoms with van der Waals surface area (Å²) in [5, 5.41) is 57.7. The number of nitrogens with one attached hydrogen (secondary N) is 2. The van der Waals surface area contributed by atoms with Crippen molar-refractivity contribution in [1.29, 1.82) is 0 Å². The van der Waals surface area contributed by atoms with Gasteiger partial charge in [-0.15, -0.1) is 5.01 Å². The minimum atomic E-state index is -0.833. The number of aliphatic carboxylic acids is 4. The molecule has 0 atom stereocenters. The zero-order valence-corrected chi connectivity index (χ0v) is 21.5. The van der Waals surface area contributed by atoms with Gasteiger partial charge in [-0.1, -0.05) is 0 Å². The third-order valence-electron chi connectivity index (χ3n) is 2.15. The molecule has 0 aromatic rings. The van der Waals surface area contributed by atoms with Gasteiger partial charge in [-0.25, -0.2) is 9.59 Å². The van der Waals surface area contributed by atoms with Crippen molar-refractivity contribution in [2.75, 3.05) is 39.4 Å². The van der Waals surface area contributed by atoms with E-state index in [9.17, 15) is 14.8 Å². The number of ether oxygens (including phenoxy) is 2. The molecule has 0 saturated carbocycles. The molecule has 0 rings (SSSR count). The van der Waals surface area contributed by atoms with Crippen molar-refractivity contribution in [3.8, 4) is 0 Å². The molecular formula is C18H37N5O14. The minimum Gasteiger partial charge on any atom is -0.569 e. The third kappa shape index (κ3) is 72.1. The molecule has 0 aliphatic carbocycles. The van der Waals surface area contributed by atoms with Crippen LogP contribution in [0.4, 0.5) is 9.59 Å². The average Bonchev–Trinajstić information content (AvgIpc) is 2.71. The predicted molar refractivity (Wildman–Crippen MR) is 123 cm³/mol. The summed E-state index contributed by atoms with van der Waals surface area (Å²) in [6.07, 6.45) is -1.22. The van der Waals surface area contributed by atoms with E-state index in [-0.39, 0.29) is 44.4 Å². The lowest BCUT2D eigenvalue weighted by Crippen LogP contribution is -2.42. The summed E-state index contributed by atoms with van der Waals surface area (Å²) in [7, 11) is 0. The molecule has 0 heterocycles. The van der Waals surface area contributed by atoms with Gasteiger partial charge in [0.05, 0.1) is 31.3 Å². The van der Waals surface area contributed by atoms with Gasteiger partial charge < -0.3 is 50.9 Å². The fourth-order valence-corrected chi connectivity index (χ4v) is 1.28. The Morgan fingerprint density at radius 3 is 1.16 bits per heavy atom. The summed E-state index contributed by atoms with van der Waals surface area (Å²) in [5.74, 6) is -3.33. The maximum atomic E-state index is 11.3. The Morgan fingerprint density at radius 1 is 0.730 bits per heavy atom. The Balaban J connectivity index is -0.000000172. The summed E-state index contributed by atoms with van der Waals surface area (Å²) in [5.41, 5.74) is 0. The number of hydrogen-bond donors (Lipinski definition) is 7. The Labute approximate surface area is 212 Å². The van der Waals surface area contributed by atoms with Crippen LogP contribution in [0, 0.1) is 5.21 Å². The van der Waals surface area contributed by atoms with Crippen LogP contribution in [0.5, 0.6) is 0 Å². The van der Waals surface area contributed by atoms with Crippen LogP contribution in [-0.2, 0) is 28.7 Å². The normalized spacial score (nSPS) is 8.76. The van der Waals surface area contributed by atoms with Crippen molar-refractivity contribution >= 4 is 36.1 Å². The van der Waals surface area contributed by atoms with Gasteiger partial charge in [0.1, 0.15) is 0 Å². The van der Waals surface area contributed by atoms with Crippen LogP contribution in [-0.4, -0.2) is 111 Å². The molecule has 0 aromatic carbocycles. The van der Waals surface area contributed by atoms with Crippen molar-refractivity contribution in [2.24, 2.45) is 5.28 Å². The Bertz CT molecular complexity index is 600. The van der Waals surface area contributed by atoms with E-state index in [0.717, 1.165) is 32.7 Å². The largest absolute Gasteiger partial charge is 0.569 e. The number of hydrazine groups is 1. The van der Waals surface area contributed by atoms with E-state index in [2.05, 4.69) is 25.4 Å². The fourth-order valence-electron chi connectivity index (χ4n) is 1.28. The van der Waals surface area contributed by atoms with Crippen LogP contribution in [0.15, 0.2) is 5.28 Å². The third-order valence-corrected chi connectivity index (χ3v) is 2.15. The minimum absolute atomic E-state index is 0.0420. The fraction of sp³-hybridized carbons (Fsp3) is 0.667. The van der Waals surface area contributed by atoms with E-state index in [0.29, 0.717) is 0 Å². The smallest absolute Gasteiger partial charge is 0.407 e. The zero-order chi connectivity index (χ0) is 30.4. The number of hydrogen-bond acceptors (Lipinski definition) is 10. The molecule has 2 amide bonds. The van der Waals surface area contributed by atoms with E-state index in [1.54, 1.807) is 13.8 Å². The summed E-state index contributed by atoms with van der Waals surface area (Å²) in [6, 6.07) is 0. The number of carboxylic acid groups (broad SMARTS) is 4. The quantitative estimate of drug-likeness (QED) is 0.117. The molecule has 218 valence electrons. The molecule has 0 aliphatic heterocycles. The van der Waals surface area contributed by atoms with Crippen LogP contribution in [0.1, 0.15) is 41.5 Å². The molecule has 0 saturated heterocycles. The van der Waals surface area contributed by atoms with E-state index in [1.807, 2.05) is 0 Å². The number of carboxylic acids is 4. The molecule has 0 fully saturated rings. The lowest BCUT2D eigenvalue weighted by atomic mass is 10.5. The molecule has 19 heteroatoms. The van der Waals surface area contributed by atoms with Gasteiger partial charge in [-0.2, -0.15) is 0 Å². The van der Waals surface area contributed by atoms with Gasteiger partial charge in [-0.3, -0.25) is 19.2 Å². The van der Waals surface area contributed by atoms with E-state index in [4.69, 9.17) is 44.8 Å². The molecule has 37 heavy (non-hydrogen) atoms. The van der Waals surface area contributed by atoms with Crippen molar-refractivity contribution in [2.45, 2.75) is 41.5 Å². The molecule has 0 radical (unpaired) electrons. The number of nitrogens with zero attached hydrogens (tertiary/aromatic N) is 3. The topological polar surface area (TPSA) is 288 Å². The molecule has 0 spiro atoms. The van der Waals surface area contributed by atoms with Gasteiger partial charge in [0, 0.05) is 40.8 Å². The predicted octanol–water partition coefficient (Wildman–Crippen LogP) is 0.411. The van der Waals surface area contributed by atoms with Gasteiger partial charge in [0.15, 0.2) is 0 Å². The van der Waals surface area contributed by atoms with E-state index >= 15 is 0 Å². The number of amides is 2. The highest BCUT2D eigenvalue weighted by Gasteiger charge is 2.14. The number of carbonyl (C=O) groups is 6. The molecule has 7 N–H and O–H groups in total. The second-order valence-corrected chi connectivity index (χ2v) is 5.67. The summed E-state index contributed by atoms with van der Waals surface area (Å²) in [4.78, 5) is 58.1. The number of alkyl carbamates (subject to hydrolysis) is 2. The molecule has 0 aliphatic rings. The second-order valence-electron chi connectivity index (χ2n) is 5.67. The lowest BCUT2D eigenvalue weighted by molar-refractivity contribution is -0.709. The molecule has 0 aromatic heterocycles. The van der Waals surface area contributed by atoms with Crippen molar-refractivity contribution in [3.63, 3.8) is 0 Å². The van der Waals surface area contributed by atoms with Crippen LogP contribution in [0.3, 0.4) is 0 Å².